The van der Waals surface area contributed by atoms with E-state index in [9.17, 15) is 14.3 Å². The van der Waals surface area contributed by atoms with Gasteiger partial charge in [0.25, 0.3) is 5.91 Å². The molecular weight excluding hydrogens is 437 g/mol. The number of amides is 1. The van der Waals surface area contributed by atoms with Gasteiger partial charge >= 0.3 is 0 Å². The smallest absolute Gasteiger partial charge is 0.257 e. The zero-order valence-corrected chi connectivity index (χ0v) is 16.9. The Morgan fingerprint density at radius 2 is 1.97 bits per heavy atom. The monoisotopic (exact) mass is 449 g/mol. The number of aromatic nitrogens is 5. The predicted octanol–water partition coefficient (Wildman–Crippen LogP) is 3.04. The molecule has 0 radical (unpaired) electrons. The quantitative estimate of drug-likeness (QED) is 0.408. The molecule has 0 atom stereocenters. The van der Waals surface area contributed by atoms with E-state index in [0.29, 0.717) is 0 Å². The second-order valence-corrected chi connectivity index (χ2v) is 6.85. The first-order valence-corrected chi connectivity index (χ1v) is 9.33. The molecule has 0 saturated carbocycles. The lowest BCUT2D eigenvalue weighted by atomic mass is 9.98. The van der Waals surface area contributed by atoms with Crippen LogP contribution in [0.4, 0.5) is 15.8 Å². The Morgan fingerprint density at radius 1 is 1.22 bits per heavy atom. The summed E-state index contributed by atoms with van der Waals surface area (Å²) >= 11 is 6.26. The number of carbonyl (C=O) groups excluding carboxylic acids is 1. The van der Waals surface area contributed by atoms with Crippen LogP contribution in [0.1, 0.15) is 15.9 Å². The molecule has 0 unspecified atom stereocenters. The van der Waals surface area contributed by atoms with Crippen molar-refractivity contribution in [3.8, 4) is 35.0 Å². The first-order chi connectivity index (χ1) is 15.4. The van der Waals surface area contributed by atoms with Gasteiger partial charge in [0, 0.05) is 23.4 Å². The van der Waals surface area contributed by atoms with E-state index in [1.165, 1.54) is 43.1 Å². The Balaban J connectivity index is 1.64. The van der Waals surface area contributed by atoms with Crippen molar-refractivity contribution in [1.82, 2.24) is 25.0 Å². The number of rotatable bonds is 4. The zero-order chi connectivity index (χ0) is 22.8. The number of terminal acetylenes is 1. The number of carbonyl (C=O) groups is 1. The summed E-state index contributed by atoms with van der Waals surface area (Å²) in [5.41, 5.74) is 6.67. The van der Waals surface area contributed by atoms with E-state index < -0.39 is 11.7 Å². The van der Waals surface area contributed by atoms with Crippen LogP contribution in [0.5, 0.6) is 5.75 Å². The molecule has 4 aromatic rings. The Morgan fingerprint density at radius 3 is 2.66 bits per heavy atom. The lowest BCUT2D eigenvalue weighted by Gasteiger charge is -2.13. The molecule has 4 rings (SSSR count). The minimum Gasteiger partial charge on any atom is -0.504 e. The summed E-state index contributed by atoms with van der Waals surface area (Å²) in [6.45, 7) is 0. The minimum absolute atomic E-state index is 0.0346. The van der Waals surface area contributed by atoms with E-state index in [2.05, 4.69) is 31.4 Å². The Hall–Kier alpha value is -4.49. The molecule has 0 bridgehead atoms. The number of hydrogen-bond acceptors (Lipinski definition) is 7. The van der Waals surface area contributed by atoms with Crippen LogP contribution in [0, 0.1) is 18.2 Å². The van der Waals surface area contributed by atoms with Crippen molar-refractivity contribution in [2.45, 2.75) is 0 Å². The third-order valence-electron chi connectivity index (χ3n) is 4.41. The molecule has 0 fully saturated rings. The van der Waals surface area contributed by atoms with Gasteiger partial charge in [-0.2, -0.15) is 10.2 Å². The number of benzene rings is 1. The van der Waals surface area contributed by atoms with Gasteiger partial charge in [-0.25, -0.2) is 9.37 Å². The topological polar surface area (TPSA) is 132 Å². The van der Waals surface area contributed by atoms with Gasteiger partial charge < -0.3 is 16.2 Å². The molecule has 32 heavy (non-hydrogen) atoms. The van der Waals surface area contributed by atoms with Crippen LogP contribution in [-0.4, -0.2) is 36.0 Å². The van der Waals surface area contributed by atoms with E-state index in [1.54, 1.807) is 0 Å². The maximum atomic E-state index is 14.9. The van der Waals surface area contributed by atoms with Crippen LogP contribution in [0.25, 0.3) is 16.9 Å². The highest BCUT2D eigenvalue weighted by molar-refractivity contribution is 6.34. The van der Waals surface area contributed by atoms with Crippen LogP contribution < -0.4 is 11.1 Å². The number of anilines is 2. The minimum atomic E-state index is -0.755. The third-order valence-corrected chi connectivity index (χ3v) is 4.73. The van der Waals surface area contributed by atoms with Crippen molar-refractivity contribution in [1.29, 1.82) is 0 Å². The van der Waals surface area contributed by atoms with Crippen LogP contribution in [0.2, 0.25) is 5.02 Å². The fourth-order valence-corrected chi connectivity index (χ4v) is 3.24. The number of nitrogens with zero attached hydrogens (tertiary/aromatic N) is 5. The summed E-state index contributed by atoms with van der Waals surface area (Å²) in [5, 5.41) is 20.4. The van der Waals surface area contributed by atoms with Crippen molar-refractivity contribution in [3.63, 3.8) is 0 Å². The van der Waals surface area contributed by atoms with Gasteiger partial charge in [0.15, 0.2) is 5.75 Å². The van der Waals surface area contributed by atoms with Crippen molar-refractivity contribution in [2.24, 2.45) is 0 Å². The molecule has 0 spiro atoms. The fraction of sp³-hybridized carbons (Fsp3) is 0. The largest absolute Gasteiger partial charge is 0.504 e. The summed E-state index contributed by atoms with van der Waals surface area (Å²) in [6, 6.07) is 3.49. The van der Waals surface area contributed by atoms with Crippen LogP contribution in [0.3, 0.4) is 0 Å². The molecule has 3 aromatic heterocycles. The number of hydrogen-bond donors (Lipinski definition) is 3. The van der Waals surface area contributed by atoms with Gasteiger partial charge in [-0.05, 0) is 12.1 Å². The molecule has 1 aromatic carbocycles. The highest BCUT2D eigenvalue weighted by Gasteiger charge is 2.20. The molecule has 4 N–H and O–H groups in total. The molecule has 0 aliphatic rings. The molecule has 11 heteroatoms. The summed E-state index contributed by atoms with van der Waals surface area (Å²) in [5.74, 6) is 0.722. The van der Waals surface area contributed by atoms with Crippen molar-refractivity contribution in [3.05, 3.63) is 71.2 Å². The lowest BCUT2D eigenvalue weighted by Crippen LogP contribution is -2.14. The van der Waals surface area contributed by atoms with Gasteiger partial charge in [0.2, 0.25) is 5.82 Å². The van der Waals surface area contributed by atoms with Gasteiger partial charge in [-0.3, -0.25) is 9.78 Å². The first kappa shape index (κ1) is 20.8. The van der Waals surface area contributed by atoms with E-state index in [4.69, 9.17) is 23.8 Å². The van der Waals surface area contributed by atoms with E-state index in [1.807, 2.05) is 0 Å². The van der Waals surface area contributed by atoms with E-state index >= 15 is 0 Å². The second-order valence-electron chi connectivity index (χ2n) is 6.45. The number of nitrogen functional groups attached to an aromatic ring is 1. The highest BCUT2D eigenvalue weighted by atomic mass is 35.5. The van der Waals surface area contributed by atoms with E-state index in [0.717, 1.165) is 10.9 Å². The number of nitrogens with one attached hydrogen (secondary N) is 1. The maximum absolute atomic E-state index is 14.9. The molecule has 0 saturated heterocycles. The summed E-state index contributed by atoms with van der Waals surface area (Å²) in [6.07, 6.45) is 12.3. The average molecular weight is 450 g/mol. The van der Waals surface area contributed by atoms with Crippen LogP contribution >= 0.6 is 11.6 Å². The predicted molar refractivity (Wildman–Crippen MR) is 116 cm³/mol. The summed E-state index contributed by atoms with van der Waals surface area (Å²) in [4.78, 5) is 21.7. The molecule has 1 amide bonds. The zero-order valence-electron chi connectivity index (χ0n) is 16.1. The lowest BCUT2D eigenvalue weighted by molar-refractivity contribution is 0.102. The van der Waals surface area contributed by atoms with Gasteiger partial charge in [0.1, 0.15) is 5.82 Å². The first-order valence-electron chi connectivity index (χ1n) is 8.95. The number of pyridine rings is 2. The third kappa shape index (κ3) is 3.80. The molecule has 0 aliphatic heterocycles. The molecule has 158 valence electrons. The second kappa shape index (κ2) is 8.33. The summed E-state index contributed by atoms with van der Waals surface area (Å²) < 4.78 is 14.9. The van der Waals surface area contributed by atoms with Crippen LogP contribution in [-0.2, 0) is 0 Å². The highest BCUT2D eigenvalue weighted by Crippen LogP contribution is 2.34. The Kier molecular flexibility index (Phi) is 5.41. The van der Waals surface area contributed by atoms with Gasteiger partial charge in [-0.1, -0.05) is 17.5 Å². The molecular formula is C21H13ClFN7O2. The Bertz CT molecular complexity index is 1380. The fourth-order valence-electron chi connectivity index (χ4n) is 2.99. The SMILES string of the molecule is C#Cc1cncc(N)c1-c1cc(Cl)c(C(=O)Nc2cnc(-n3nccn3)c(O)c2)cc1F. The molecule has 0 aliphatic carbocycles. The number of aromatic hydroxyl groups is 1. The van der Waals surface area contributed by atoms with Gasteiger partial charge in [0.05, 0.1) is 52.3 Å². The number of halogens is 2. The Labute approximate surface area is 185 Å². The normalized spacial score (nSPS) is 10.5. The van der Waals surface area contributed by atoms with Crippen molar-refractivity contribution >= 4 is 28.9 Å². The van der Waals surface area contributed by atoms with Crippen molar-refractivity contribution in [2.75, 3.05) is 11.1 Å². The van der Waals surface area contributed by atoms with Crippen molar-refractivity contribution < 1.29 is 14.3 Å². The van der Waals surface area contributed by atoms with E-state index in [-0.39, 0.29) is 50.2 Å². The summed E-state index contributed by atoms with van der Waals surface area (Å²) in [7, 11) is 0. The number of nitrogens with two attached hydrogens (primary N) is 1. The van der Waals surface area contributed by atoms with Gasteiger partial charge in [-0.15, -0.1) is 11.2 Å². The molecule has 3 heterocycles. The maximum Gasteiger partial charge on any atom is 0.257 e. The van der Waals surface area contributed by atoms with Crippen LogP contribution in [0.15, 0.2) is 49.2 Å². The average Bonchev–Trinajstić information content (AvgIpc) is 3.29. The standard InChI is InChI=1S/C21H13ClFN7O2/c1-2-11-8-25-10-17(24)19(11)14-6-15(22)13(7-16(14)23)21(32)29-12-5-18(31)20(26-9-12)30-27-3-4-28-30/h1,3-10,31H,24H2,(H,29,32). The molecule has 9 nitrogen and oxygen atoms in total.